The molecule has 8 nitrogen and oxygen atoms in total. The van der Waals surface area contributed by atoms with Crippen molar-refractivity contribution < 1.29 is 24.3 Å². The molecule has 1 atom stereocenters. The van der Waals surface area contributed by atoms with Gasteiger partial charge in [-0.2, -0.15) is 5.48 Å². The van der Waals surface area contributed by atoms with E-state index >= 15 is 0 Å². The van der Waals surface area contributed by atoms with E-state index in [0.717, 1.165) is 11.1 Å². The third kappa shape index (κ3) is 5.78. The lowest BCUT2D eigenvalue weighted by Gasteiger charge is -2.22. The molecule has 0 aliphatic heterocycles. The van der Waals surface area contributed by atoms with E-state index in [4.69, 9.17) is 15.3 Å². The molecule has 3 rings (SSSR count). The molecule has 2 aromatic carbocycles. The molecule has 4 N–H and O–H groups in total. The summed E-state index contributed by atoms with van der Waals surface area (Å²) in [5.74, 6) is -1.43. The van der Waals surface area contributed by atoms with E-state index in [2.05, 4.69) is 5.48 Å². The number of benzene rings is 2. The van der Waals surface area contributed by atoms with Crippen LogP contribution in [-0.4, -0.2) is 39.8 Å². The Kier molecular flexibility index (Phi) is 7.53. The average molecular weight is 454 g/mol. The number of fused-ring (bicyclic) bond motifs is 1. The van der Waals surface area contributed by atoms with E-state index < -0.39 is 23.5 Å². The zero-order chi connectivity index (χ0) is 24.2. The second-order valence-electron chi connectivity index (χ2n) is 8.75. The number of rotatable bonds is 10. The van der Waals surface area contributed by atoms with Crippen LogP contribution >= 0.6 is 0 Å². The van der Waals surface area contributed by atoms with Gasteiger partial charge in [-0.05, 0) is 44.9 Å². The van der Waals surface area contributed by atoms with E-state index in [0.29, 0.717) is 29.8 Å². The Hall–Kier alpha value is -3.20. The van der Waals surface area contributed by atoms with Crippen LogP contribution in [0, 0.1) is 0 Å². The predicted octanol–water partition coefficient (Wildman–Crippen LogP) is 2.94. The van der Waals surface area contributed by atoms with Gasteiger partial charge in [-0.1, -0.05) is 43.3 Å². The molecular weight excluding hydrogens is 422 g/mol. The summed E-state index contributed by atoms with van der Waals surface area (Å²) >= 11 is 0. The summed E-state index contributed by atoms with van der Waals surface area (Å²) in [5.41, 5.74) is 10.2. The molecule has 1 unspecified atom stereocenters. The van der Waals surface area contributed by atoms with Crippen LogP contribution in [0.4, 0.5) is 0 Å². The van der Waals surface area contributed by atoms with Gasteiger partial charge in [-0.15, -0.1) is 0 Å². The Labute approximate surface area is 193 Å². The van der Waals surface area contributed by atoms with E-state index in [-0.39, 0.29) is 12.2 Å². The van der Waals surface area contributed by atoms with Gasteiger partial charge < -0.3 is 20.1 Å². The Morgan fingerprint density at radius 1 is 1.12 bits per heavy atom. The molecule has 0 saturated carbocycles. The van der Waals surface area contributed by atoms with Gasteiger partial charge in [0, 0.05) is 12.2 Å². The first-order valence-corrected chi connectivity index (χ1v) is 10.9. The minimum Gasteiger partial charge on any atom is -0.489 e. The van der Waals surface area contributed by atoms with Gasteiger partial charge in [0.1, 0.15) is 12.4 Å². The van der Waals surface area contributed by atoms with Crippen molar-refractivity contribution in [2.75, 3.05) is 6.61 Å². The molecule has 8 heteroatoms. The van der Waals surface area contributed by atoms with Crippen molar-refractivity contribution in [2.45, 2.75) is 52.5 Å². The van der Waals surface area contributed by atoms with Crippen LogP contribution in [0.2, 0.25) is 0 Å². The van der Waals surface area contributed by atoms with E-state index in [1.165, 1.54) is 0 Å². The number of aromatic nitrogens is 1. The van der Waals surface area contributed by atoms with Gasteiger partial charge in [-0.25, -0.2) is 0 Å². The number of carbonyl (C=O) groups is 2. The van der Waals surface area contributed by atoms with Crippen molar-refractivity contribution >= 4 is 22.6 Å². The van der Waals surface area contributed by atoms with Gasteiger partial charge in [0.15, 0.2) is 6.23 Å². The number of nitrogens with one attached hydrogen (secondary N) is 1. The van der Waals surface area contributed by atoms with Crippen LogP contribution in [0.5, 0.6) is 5.75 Å². The molecule has 0 spiro atoms. The highest BCUT2D eigenvalue weighted by molar-refractivity contribution is 6.45. The van der Waals surface area contributed by atoms with Crippen molar-refractivity contribution in [1.29, 1.82) is 0 Å². The zero-order valence-corrected chi connectivity index (χ0v) is 19.4. The molecule has 0 aliphatic carbocycles. The number of nitrogens with two attached hydrogens (primary N) is 1. The number of hydroxylamine groups is 1. The lowest BCUT2D eigenvalue weighted by Crippen LogP contribution is -2.39. The Balaban J connectivity index is 2.05. The van der Waals surface area contributed by atoms with Crippen molar-refractivity contribution in [2.24, 2.45) is 5.73 Å². The number of Topliss-reactive ketones (excluding diaryl/α,β-unsaturated/α-hetero) is 1. The highest BCUT2D eigenvalue weighted by atomic mass is 16.7. The lowest BCUT2D eigenvalue weighted by molar-refractivity contribution is -0.137. The van der Waals surface area contributed by atoms with E-state index in [1.54, 1.807) is 6.07 Å². The monoisotopic (exact) mass is 453 g/mol. The topological polar surface area (TPSA) is 116 Å². The molecule has 0 aliphatic rings. The molecule has 0 bridgehead atoms. The Bertz CT molecular complexity index is 1130. The largest absolute Gasteiger partial charge is 0.489 e. The number of ether oxygens (including phenoxy) is 1. The fourth-order valence-corrected chi connectivity index (χ4v) is 3.67. The van der Waals surface area contributed by atoms with Crippen molar-refractivity contribution in [3.63, 3.8) is 0 Å². The van der Waals surface area contributed by atoms with Crippen molar-refractivity contribution in [1.82, 2.24) is 10.0 Å². The van der Waals surface area contributed by atoms with Gasteiger partial charge >= 0.3 is 0 Å². The predicted molar refractivity (Wildman–Crippen MR) is 126 cm³/mol. The number of ketones is 1. The quantitative estimate of drug-likeness (QED) is 0.188. The Morgan fingerprint density at radius 2 is 1.82 bits per heavy atom. The Morgan fingerprint density at radius 3 is 2.42 bits per heavy atom. The summed E-state index contributed by atoms with van der Waals surface area (Å²) in [6, 6.07) is 15.2. The van der Waals surface area contributed by atoms with Crippen LogP contribution in [0.3, 0.4) is 0 Å². The molecule has 0 radical (unpaired) electrons. The third-order valence-electron chi connectivity index (χ3n) is 5.03. The van der Waals surface area contributed by atoms with Gasteiger partial charge in [0.25, 0.3) is 11.7 Å². The summed E-state index contributed by atoms with van der Waals surface area (Å²) in [6.45, 7) is 7.84. The highest BCUT2D eigenvalue weighted by Gasteiger charge is 2.27. The standard InChI is InChI=1S/C25H31N3O5/c1-5-17-22(23(30)24(26)31)21-18(28(17)14-16-10-7-6-8-11-16)12-9-13-19(21)32-15-20(29)27-33-25(2,3)4/h6-13,20,27,29H,5,14-15H2,1-4H3,(H2,26,31). The number of amides is 1. The second kappa shape index (κ2) is 10.2. The zero-order valence-electron chi connectivity index (χ0n) is 19.4. The number of aliphatic hydroxyl groups excluding tert-OH is 1. The number of hydrogen-bond acceptors (Lipinski definition) is 6. The molecule has 33 heavy (non-hydrogen) atoms. The van der Waals surface area contributed by atoms with Gasteiger partial charge in [0.2, 0.25) is 0 Å². The molecule has 176 valence electrons. The first-order chi connectivity index (χ1) is 15.6. The van der Waals surface area contributed by atoms with Gasteiger partial charge in [0.05, 0.1) is 22.1 Å². The summed E-state index contributed by atoms with van der Waals surface area (Å²) in [5, 5.41) is 10.7. The van der Waals surface area contributed by atoms with E-state index in [9.17, 15) is 14.7 Å². The minimum atomic E-state index is -1.10. The number of primary amides is 1. The van der Waals surface area contributed by atoms with Gasteiger partial charge in [-0.3, -0.25) is 14.4 Å². The smallest absolute Gasteiger partial charge is 0.289 e. The molecule has 3 aromatic rings. The molecule has 0 fully saturated rings. The number of aliphatic hydroxyl groups is 1. The molecule has 1 amide bonds. The maximum atomic E-state index is 12.9. The SMILES string of the molecule is CCc1c(C(=O)C(N)=O)c2c(OCC(O)NOC(C)(C)C)cccc2n1Cc1ccccc1. The maximum Gasteiger partial charge on any atom is 0.289 e. The number of nitrogens with zero attached hydrogens (tertiary/aromatic N) is 1. The van der Waals surface area contributed by atoms with Crippen LogP contribution in [0.15, 0.2) is 48.5 Å². The lowest BCUT2D eigenvalue weighted by atomic mass is 10.0. The van der Waals surface area contributed by atoms with Crippen molar-refractivity contribution in [3.8, 4) is 5.75 Å². The summed E-state index contributed by atoms with van der Waals surface area (Å²) in [7, 11) is 0. The van der Waals surface area contributed by atoms with Crippen LogP contribution in [-0.2, 0) is 22.6 Å². The average Bonchev–Trinajstić information content (AvgIpc) is 3.09. The molecule has 0 saturated heterocycles. The number of hydrogen-bond donors (Lipinski definition) is 3. The van der Waals surface area contributed by atoms with Crippen LogP contribution in [0.1, 0.15) is 49.3 Å². The van der Waals surface area contributed by atoms with Crippen molar-refractivity contribution in [3.05, 3.63) is 65.4 Å². The first-order valence-electron chi connectivity index (χ1n) is 10.9. The second-order valence-corrected chi connectivity index (χ2v) is 8.75. The highest BCUT2D eigenvalue weighted by Crippen LogP contribution is 2.35. The third-order valence-corrected chi connectivity index (χ3v) is 5.03. The maximum absolute atomic E-state index is 12.9. The first kappa shape index (κ1) is 24.4. The van der Waals surface area contributed by atoms with Crippen LogP contribution < -0.4 is 16.0 Å². The normalized spacial score (nSPS) is 12.6. The summed E-state index contributed by atoms with van der Waals surface area (Å²) in [6.07, 6.45) is -0.592. The van der Waals surface area contributed by atoms with Crippen LogP contribution in [0.25, 0.3) is 10.9 Å². The minimum absolute atomic E-state index is 0.134. The van der Waals surface area contributed by atoms with E-state index in [1.807, 2.05) is 74.7 Å². The summed E-state index contributed by atoms with van der Waals surface area (Å²) < 4.78 is 7.87. The fraction of sp³-hybridized carbons (Fsp3) is 0.360. The number of carbonyl (C=O) groups excluding carboxylic acids is 2. The molecule has 1 heterocycles. The molecular formula is C25H31N3O5. The molecule has 1 aromatic heterocycles. The fourth-order valence-electron chi connectivity index (χ4n) is 3.67. The summed E-state index contributed by atoms with van der Waals surface area (Å²) in [4.78, 5) is 30.1.